The second kappa shape index (κ2) is 8.48. The first kappa shape index (κ1) is 18.7. The van der Waals surface area contributed by atoms with E-state index >= 15 is 0 Å². The Hall–Kier alpha value is -1.61. The Morgan fingerprint density at radius 2 is 2.00 bits per heavy atom. The van der Waals surface area contributed by atoms with Crippen LogP contribution in [0.5, 0.6) is 0 Å². The van der Waals surface area contributed by atoms with Crippen LogP contribution in [0.1, 0.15) is 33.1 Å². The van der Waals surface area contributed by atoms with Crippen LogP contribution in [0.15, 0.2) is 0 Å². The number of carbonyl (C=O) groups excluding carboxylic acids is 4. The van der Waals surface area contributed by atoms with E-state index in [1.807, 2.05) is 13.8 Å². The van der Waals surface area contributed by atoms with Crippen LogP contribution in [-0.2, 0) is 19.2 Å². The highest BCUT2D eigenvalue weighted by Gasteiger charge is 2.32. The number of rotatable bonds is 6. The lowest BCUT2D eigenvalue weighted by molar-refractivity contribution is -0.135. The van der Waals surface area contributed by atoms with Gasteiger partial charge in [0.1, 0.15) is 12.1 Å². The third kappa shape index (κ3) is 5.20. The Kier molecular flexibility index (Phi) is 6.61. The molecule has 2 aliphatic rings. The topological polar surface area (TPSA) is 116 Å². The summed E-state index contributed by atoms with van der Waals surface area (Å²) in [6.45, 7) is 3.86. The first-order valence-electron chi connectivity index (χ1n) is 8.12. The van der Waals surface area contributed by atoms with E-state index in [0.29, 0.717) is 30.9 Å². The molecular weight excluding hydrogens is 332 g/mol. The Morgan fingerprint density at radius 3 is 2.54 bits per heavy atom. The van der Waals surface area contributed by atoms with Gasteiger partial charge in [-0.1, -0.05) is 13.8 Å². The average Bonchev–Trinajstić information content (AvgIpc) is 3.17. The zero-order valence-electron chi connectivity index (χ0n) is 13.9. The molecule has 8 nitrogen and oxygen atoms in total. The van der Waals surface area contributed by atoms with Crippen molar-refractivity contribution in [1.29, 1.82) is 0 Å². The molecule has 0 aromatic heterocycles. The Bertz CT molecular complexity index is 520. The molecule has 0 bridgehead atoms. The van der Waals surface area contributed by atoms with Crippen molar-refractivity contribution in [2.45, 2.75) is 51.2 Å². The van der Waals surface area contributed by atoms with Crippen LogP contribution >= 0.6 is 11.8 Å². The molecule has 0 spiro atoms. The predicted molar refractivity (Wildman–Crippen MR) is 89.9 cm³/mol. The van der Waals surface area contributed by atoms with Gasteiger partial charge in [0.15, 0.2) is 0 Å². The lowest BCUT2D eigenvalue weighted by Crippen LogP contribution is -2.55. The van der Waals surface area contributed by atoms with Crippen molar-refractivity contribution in [3.8, 4) is 0 Å². The lowest BCUT2D eigenvalue weighted by Gasteiger charge is -2.22. The Labute approximate surface area is 145 Å². The number of amides is 4. The minimum Gasteiger partial charge on any atom is -0.344 e. The van der Waals surface area contributed by atoms with E-state index in [-0.39, 0.29) is 29.7 Å². The van der Waals surface area contributed by atoms with E-state index < -0.39 is 18.0 Å². The van der Waals surface area contributed by atoms with Crippen molar-refractivity contribution >= 4 is 35.4 Å². The van der Waals surface area contributed by atoms with Crippen LogP contribution in [0.4, 0.5) is 0 Å². The second-order valence-electron chi connectivity index (χ2n) is 6.47. The first-order chi connectivity index (χ1) is 11.4. The molecule has 4 N–H and O–H groups in total. The largest absolute Gasteiger partial charge is 0.344 e. The van der Waals surface area contributed by atoms with Gasteiger partial charge in [-0.05, 0) is 18.8 Å². The van der Waals surface area contributed by atoms with Crippen LogP contribution in [0.25, 0.3) is 0 Å². The minimum absolute atomic E-state index is 0.162. The molecular formula is C15H24N4O4S. The van der Waals surface area contributed by atoms with Crippen molar-refractivity contribution in [3.63, 3.8) is 0 Å². The molecule has 2 rings (SSSR count). The van der Waals surface area contributed by atoms with E-state index in [1.165, 1.54) is 0 Å². The van der Waals surface area contributed by atoms with E-state index in [4.69, 9.17) is 0 Å². The third-order valence-electron chi connectivity index (χ3n) is 3.93. The van der Waals surface area contributed by atoms with Crippen molar-refractivity contribution in [2.24, 2.45) is 5.92 Å². The van der Waals surface area contributed by atoms with Crippen molar-refractivity contribution in [2.75, 3.05) is 11.6 Å². The van der Waals surface area contributed by atoms with E-state index in [1.54, 1.807) is 11.8 Å². The molecule has 9 heteroatoms. The van der Waals surface area contributed by atoms with Gasteiger partial charge in [0.25, 0.3) is 0 Å². The maximum absolute atomic E-state index is 12.4. The summed E-state index contributed by atoms with van der Waals surface area (Å²) in [6, 6.07) is -1.79. The maximum Gasteiger partial charge on any atom is 0.249 e. The van der Waals surface area contributed by atoms with E-state index in [0.717, 1.165) is 0 Å². The number of hydrogen-bond acceptors (Lipinski definition) is 6. The molecule has 2 heterocycles. The van der Waals surface area contributed by atoms with Crippen LogP contribution in [0, 0.1) is 5.92 Å². The predicted octanol–water partition coefficient (Wildman–Crippen LogP) is -0.899. The van der Waals surface area contributed by atoms with Gasteiger partial charge in [-0.15, -0.1) is 11.8 Å². The molecule has 24 heavy (non-hydrogen) atoms. The molecule has 0 aliphatic carbocycles. The fourth-order valence-electron chi connectivity index (χ4n) is 2.65. The third-order valence-corrected chi connectivity index (χ3v) is 4.87. The van der Waals surface area contributed by atoms with E-state index in [9.17, 15) is 19.2 Å². The van der Waals surface area contributed by atoms with E-state index in [2.05, 4.69) is 21.3 Å². The van der Waals surface area contributed by atoms with Gasteiger partial charge < -0.3 is 10.6 Å². The maximum atomic E-state index is 12.4. The molecule has 2 aliphatic heterocycles. The molecule has 0 aromatic rings. The zero-order chi connectivity index (χ0) is 17.7. The normalized spacial score (nSPS) is 24.5. The molecule has 2 fully saturated rings. The van der Waals surface area contributed by atoms with Crippen molar-refractivity contribution in [3.05, 3.63) is 0 Å². The molecule has 134 valence electrons. The Balaban J connectivity index is 1.93. The fraction of sp³-hybridized carbons (Fsp3) is 0.733. The molecule has 3 atom stereocenters. The van der Waals surface area contributed by atoms with Crippen molar-refractivity contribution in [1.82, 2.24) is 21.3 Å². The van der Waals surface area contributed by atoms with Gasteiger partial charge in [0, 0.05) is 18.1 Å². The highest BCUT2D eigenvalue weighted by Crippen LogP contribution is 2.11. The summed E-state index contributed by atoms with van der Waals surface area (Å²) in [5.74, 6) is 0.0270. The molecule has 2 saturated heterocycles. The quantitative estimate of drug-likeness (QED) is 0.490. The minimum atomic E-state index is -0.798. The van der Waals surface area contributed by atoms with Crippen LogP contribution in [-0.4, -0.2) is 53.4 Å². The van der Waals surface area contributed by atoms with Crippen LogP contribution < -0.4 is 21.3 Å². The van der Waals surface area contributed by atoms with Gasteiger partial charge in [-0.2, -0.15) is 0 Å². The number of thioether (sulfide) groups is 1. The molecule has 0 aromatic carbocycles. The molecule has 4 amide bonds. The zero-order valence-corrected chi connectivity index (χ0v) is 14.7. The average molecular weight is 356 g/mol. The van der Waals surface area contributed by atoms with Gasteiger partial charge in [-0.25, -0.2) is 0 Å². The summed E-state index contributed by atoms with van der Waals surface area (Å²) in [6.07, 6.45) is 1.14. The van der Waals surface area contributed by atoms with Gasteiger partial charge >= 0.3 is 0 Å². The summed E-state index contributed by atoms with van der Waals surface area (Å²) in [5, 5.41) is 10.6. The number of imide groups is 1. The van der Waals surface area contributed by atoms with Crippen LogP contribution in [0.2, 0.25) is 0 Å². The van der Waals surface area contributed by atoms with Crippen LogP contribution in [0.3, 0.4) is 0 Å². The first-order valence-corrected chi connectivity index (χ1v) is 9.28. The smallest absolute Gasteiger partial charge is 0.249 e. The Morgan fingerprint density at radius 1 is 1.25 bits per heavy atom. The second-order valence-corrected chi connectivity index (χ2v) is 7.51. The molecule has 1 unspecified atom stereocenters. The highest BCUT2D eigenvalue weighted by atomic mass is 32.2. The molecule has 0 saturated carbocycles. The van der Waals surface area contributed by atoms with Crippen molar-refractivity contribution < 1.29 is 19.2 Å². The van der Waals surface area contributed by atoms with Gasteiger partial charge in [0.2, 0.25) is 23.6 Å². The summed E-state index contributed by atoms with van der Waals surface area (Å²) < 4.78 is 0. The summed E-state index contributed by atoms with van der Waals surface area (Å²) in [7, 11) is 0. The molecule has 0 radical (unpaired) electrons. The lowest BCUT2D eigenvalue weighted by atomic mass is 10.0. The summed E-state index contributed by atoms with van der Waals surface area (Å²) >= 11 is 1.59. The van der Waals surface area contributed by atoms with Gasteiger partial charge in [-0.3, -0.25) is 29.8 Å². The number of carbonyl (C=O) groups is 4. The monoisotopic (exact) mass is 356 g/mol. The standard InChI is InChI=1S/C15H24N4O4S/c1-8(2)5-10(18-13(21)9-3-4-12(20)17-9)14(22)19-15(23)11-6-24-7-16-11/h8-11,16H,3-7H2,1-2H3,(H,17,20)(H,18,21)(H,19,22,23)/t9-,10-,11?/m0/s1. The fourth-order valence-corrected chi connectivity index (χ4v) is 3.59. The van der Waals surface area contributed by atoms with Gasteiger partial charge in [0.05, 0.1) is 6.04 Å². The summed E-state index contributed by atoms with van der Waals surface area (Å²) in [5.41, 5.74) is 0. The SMILES string of the molecule is CC(C)C[C@H](NC(=O)[C@@H]1CCC(=O)N1)C(=O)NC(=O)C1CSCN1. The highest BCUT2D eigenvalue weighted by molar-refractivity contribution is 7.99. The number of nitrogens with one attached hydrogen (secondary N) is 4. The number of hydrogen-bond donors (Lipinski definition) is 4. The summed E-state index contributed by atoms with van der Waals surface area (Å²) in [4.78, 5) is 47.9.